The largest absolute Gasteiger partial charge is 0.410 e. The van der Waals surface area contributed by atoms with Gasteiger partial charge in [0.25, 0.3) is 0 Å². The Balaban J connectivity index is 1.65. The van der Waals surface area contributed by atoms with Gasteiger partial charge in [-0.3, -0.25) is 0 Å². The number of amides is 1. The fourth-order valence-corrected chi connectivity index (χ4v) is 4.72. The van der Waals surface area contributed by atoms with Crippen LogP contribution in [0, 0.1) is 0 Å². The van der Waals surface area contributed by atoms with E-state index in [1.54, 1.807) is 6.07 Å². The number of hydrogen-bond donors (Lipinski definition) is 1. The maximum Gasteiger partial charge on any atom is 0.410 e. The molecule has 0 radical (unpaired) electrons. The summed E-state index contributed by atoms with van der Waals surface area (Å²) in [6.45, 7) is 11.7. The Morgan fingerprint density at radius 2 is 1.77 bits per heavy atom. The summed E-state index contributed by atoms with van der Waals surface area (Å²) in [5.41, 5.74) is 7.00. The Bertz CT molecular complexity index is 861. The van der Waals surface area contributed by atoms with Crippen LogP contribution in [0.15, 0.2) is 18.2 Å². The molecule has 0 spiro atoms. The molecule has 1 aromatic heterocycles. The predicted octanol–water partition coefficient (Wildman–Crippen LogP) is 2.51. The number of fused-ring (bicyclic) bond motifs is 1. The van der Waals surface area contributed by atoms with Crippen LogP contribution in [-0.4, -0.2) is 77.8 Å². The van der Waals surface area contributed by atoms with Crippen molar-refractivity contribution < 1.29 is 9.53 Å². The van der Waals surface area contributed by atoms with Gasteiger partial charge in [-0.15, -0.1) is 0 Å². The van der Waals surface area contributed by atoms with Gasteiger partial charge in [-0.1, -0.05) is 13.0 Å². The number of carbonyl (C=O) groups excluding carboxylic acids is 1. The minimum absolute atomic E-state index is 0.434. The third-order valence-corrected chi connectivity index (χ3v) is 6.18. The lowest BCUT2D eigenvalue weighted by Crippen LogP contribution is -2.33. The molecule has 2 fully saturated rings. The maximum atomic E-state index is 11.4. The van der Waals surface area contributed by atoms with Crippen LogP contribution in [0.2, 0.25) is 0 Å². The quantitative estimate of drug-likeness (QED) is 0.750. The number of imidazole rings is 1. The number of primary amides is 1. The van der Waals surface area contributed by atoms with Gasteiger partial charge in [-0.25, -0.2) is 9.78 Å². The van der Waals surface area contributed by atoms with Crippen molar-refractivity contribution in [2.24, 2.45) is 5.73 Å². The Labute approximate surface area is 178 Å². The fourth-order valence-electron chi connectivity index (χ4n) is 4.72. The van der Waals surface area contributed by atoms with E-state index in [0.29, 0.717) is 11.3 Å². The average molecular weight is 415 g/mol. The van der Waals surface area contributed by atoms with E-state index in [9.17, 15) is 4.79 Å². The molecule has 2 aromatic rings. The predicted molar refractivity (Wildman–Crippen MR) is 119 cm³/mol. The summed E-state index contributed by atoms with van der Waals surface area (Å²) in [7, 11) is 0. The molecule has 0 aliphatic carbocycles. The summed E-state index contributed by atoms with van der Waals surface area (Å²) >= 11 is 0. The molecule has 0 saturated carbocycles. The first-order valence-corrected chi connectivity index (χ1v) is 11.3. The van der Waals surface area contributed by atoms with Crippen LogP contribution in [0.25, 0.3) is 11.0 Å². The lowest BCUT2D eigenvalue weighted by atomic mass is 10.3. The molecule has 2 N–H and O–H groups in total. The standard InChI is InChI=1S/C22H34N6O2/c1-2-9-25-12-6-13-27(16-14-25)22-24-20-18(7-5-8-19(20)30-21(23)29)28(22)17-15-26-10-3-4-11-26/h5,7-8H,2-4,6,9-17H2,1H3,(H2,23,29). The van der Waals surface area contributed by atoms with Gasteiger partial charge in [-0.2, -0.15) is 0 Å². The van der Waals surface area contributed by atoms with Crippen molar-refractivity contribution in [1.82, 2.24) is 19.4 Å². The number of rotatable bonds is 7. The number of hydrogen-bond acceptors (Lipinski definition) is 6. The van der Waals surface area contributed by atoms with Gasteiger partial charge in [0.2, 0.25) is 5.95 Å². The topological polar surface area (TPSA) is 79.9 Å². The first-order valence-electron chi connectivity index (χ1n) is 11.3. The van der Waals surface area contributed by atoms with E-state index in [2.05, 4.69) is 32.3 Å². The fraction of sp³-hybridized carbons (Fsp3) is 0.636. The molecule has 3 heterocycles. The van der Waals surface area contributed by atoms with E-state index in [4.69, 9.17) is 15.5 Å². The molecule has 4 rings (SSSR count). The Morgan fingerprint density at radius 3 is 2.53 bits per heavy atom. The molecule has 0 unspecified atom stereocenters. The highest BCUT2D eigenvalue weighted by Gasteiger charge is 2.23. The van der Waals surface area contributed by atoms with Gasteiger partial charge in [0, 0.05) is 32.7 Å². The Kier molecular flexibility index (Phi) is 6.74. The smallest absolute Gasteiger partial charge is 0.408 e. The lowest BCUT2D eigenvalue weighted by molar-refractivity contribution is 0.211. The number of likely N-dealkylation sites (tertiary alicyclic amines) is 1. The van der Waals surface area contributed by atoms with E-state index in [1.807, 2.05) is 6.07 Å². The summed E-state index contributed by atoms with van der Waals surface area (Å²) < 4.78 is 7.56. The van der Waals surface area contributed by atoms with E-state index in [1.165, 1.54) is 32.4 Å². The summed E-state index contributed by atoms with van der Waals surface area (Å²) in [4.78, 5) is 23.8. The molecular formula is C22H34N6O2. The van der Waals surface area contributed by atoms with Crippen LogP contribution in [0.3, 0.4) is 0 Å². The number of benzene rings is 1. The molecule has 164 valence electrons. The van der Waals surface area contributed by atoms with Gasteiger partial charge in [0.1, 0.15) is 5.52 Å². The van der Waals surface area contributed by atoms with E-state index in [0.717, 1.165) is 63.7 Å². The highest BCUT2D eigenvalue weighted by Crippen LogP contribution is 2.30. The normalized spacial score (nSPS) is 18.8. The number of nitrogens with zero attached hydrogens (tertiary/aromatic N) is 5. The third kappa shape index (κ3) is 4.70. The second kappa shape index (κ2) is 9.66. The number of ether oxygens (including phenoxy) is 1. The number of carbonyl (C=O) groups is 1. The van der Waals surface area contributed by atoms with Crippen LogP contribution in [0.4, 0.5) is 10.7 Å². The minimum Gasteiger partial charge on any atom is -0.408 e. The van der Waals surface area contributed by atoms with Crippen molar-refractivity contribution in [3.63, 3.8) is 0 Å². The molecule has 8 nitrogen and oxygen atoms in total. The zero-order chi connectivity index (χ0) is 20.9. The first kappa shape index (κ1) is 20.9. The van der Waals surface area contributed by atoms with E-state index >= 15 is 0 Å². The SMILES string of the molecule is CCCN1CCCN(c2nc3c(OC(N)=O)cccc3n2CCN2CCCC2)CC1. The van der Waals surface area contributed by atoms with Crippen molar-refractivity contribution in [2.75, 3.05) is 57.3 Å². The highest BCUT2D eigenvalue weighted by molar-refractivity contribution is 5.87. The summed E-state index contributed by atoms with van der Waals surface area (Å²) in [5, 5.41) is 0. The van der Waals surface area contributed by atoms with E-state index in [-0.39, 0.29) is 0 Å². The zero-order valence-electron chi connectivity index (χ0n) is 18.1. The van der Waals surface area contributed by atoms with Gasteiger partial charge < -0.3 is 29.7 Å². The third-order valence-electron chi connectivity index (χ3n) is 6.18. The Morgan fingerprint density at radius 1 is 1.00 bits per heavy atom. The Hall–Kier alpha value is -2.32. The van der Waals surface area contributed by atoms with Crippen molar-refractivity contribution in [1.29, 1.82) is 0 Å². The highest BCUT2D eigenvalue weighted by atomic mass is 16.5. The summed E-state index contributed by atoms with van der Waals surface area (Å²) in [5.74, 6) is 1.41. The van der Waals surface area contributed by atoms with Gasteiger partial charge in [0.15, 0.2) is 5.75 Å². The van der Waals surface area contributed by atoms with Gasteiger partial charge >= 0.3 is 6.09 Å². The molecule has 0 bridgehead atoms. The summed E-state index contributed by atoms with van der Waals surface area (Å²) in [6, 6.07) is 5.73. The lowest BCUT2D eigenvalue weighted by Gasteiger charge is -2.24. The zero-order valence-corrected chi connectivity index (χ0v) is 18.1. The molecule has 2 aliphatic heterocycles. The van der Waals surface area contributed by atoms with Gasteiger partial charge in [-0.05, 0) is 64.0 Å². The molecule has 8 heteroatoms. The second-order valence-electron chi connectivity index (χ2n) is 8.34. The van der Waals surface area contributed by atoms with Crippen LogP contribution in [0.5, 0.6) is 5.75 Å². The average Bonchev–Trinajstić information content (AvgIpc) is 3.30. The minimum atomic E-state index is -0.805. The molecule has 2 saturated heterocycles. The number of aromatic nitrogens is 2. The van der Waals surface area contributed by atoms with Crippen LogP contribution in [-0.2, 0) is 6.54 Å². The monoisotopic (exact) mass is 414 g/mol. The maximum absolute atomic E-state index is 11.4. The molecule has 2 aliphatic rings. The molecule has 1 amide bonds. The summed E-state index contributed by atoms with van der Waals surface area (Å²) in [6.07, 6.45) is 4.07. The molecule has 1 aromatic carbocycles. The molecule has 0 atom stereocenters. The van der Waals surface area contributed by atoms with Crippen LogP contribution >= 0.6 is 0 Å². The van der Waals surface area contributed by atoms with Crippen molar-refractivity contribution in [3.05, 3.63) is 18.2 Å². The van der Waals surface area contributed by atoms with Crippen molar-refractivity contribution >= 4 is 23.1 Å². The van der Waals surface area contributed by atoms with E-state index < -0.39 is 6.09 Å². The van der Waals surface area contributed by atoms with Crippen molar-refractivity contribution in [3.8, 4) is 5.75 Å². The van der Waals surface area contributed by atoms with Gasteiger partial charge in [0.05, 0.1) is 5.52 Å². The van der Waals surface area contributed by atoms with Crippen LogP contribution < -0.4 is 15.4 Å². The number of anilines is 1. The second-order valence-corrected chi connectivity index (χ2v) is 8.34. The molecular weight excluding hydrogens is 380 g/mol. The number of nitrogens with two attached hydrogens (primary N) is 1. The number of para-hydroxylation sites is 1. The van der Waals surface area contributed by atoms with Crippen molar-refractivity contribution in [2.45, 2.75) is 39.2 Å². The first-order chi connectivity index (χ1) is 14.7. The van der Waals surface area contributed by atoms with Crippen LogP contribution in [0.1, 0.15) is 32.6 Å². The molecule has 30 heavy (non-hydrogen) atoms.